The molecule has 0 spiro atoms. The SMILES string of the molecule is Cc1c(C(=O)OC(C)(C)C)cc(S(=O)(=O)Cl)cc1[N+](=O)[O-]. The van der Waals surface area contributed by atoms with Crippen molar-refractivity contribution in [2.24, 2.45) is 0 Å². The number of hydrogen-bond acceptors (Lipinski definition) is 6. The van der Waals surface area contributed by atoms with Crippen molar-refractivity contribution in [3.05, 3.63) is 33.4 Å². The summed E-state index contributed by atoms with van der Waals surface area (Å²) in [6.45, 7) is 6.20. The van der Waals surface area contributed by atoms with Gasteiger partial charge in [0.25, 0.3) is 14.7 Å². The molecule has 0 amide bonds. The number of carbonyl (C=O) groups excluding carboxylic acids is 1. The Balaban J connectivity index is 3.54. The van der Waals surface area contributed by atoms with Gasteiger partial charge in [0.15, 0.2) is 0 Å². The predicted octanol–water partition coefficient (Wildman–Crippen LogP) is 2.79. The smallest absolute Gasteiger partial charge is 0.339 e. The Labute approximate surface area is 126 Å². The molecule has 0 atom stereocenters. The molecule has 0 saturated carbocycles. The summed E-state index contributed by atoms with van der Waals surface area (Å²) in [5, 5.41) is 11.0. The number of esters is 1. The Morgan fingerprint density at radius 3 is 2.24 bits per heavy atom. The normalized spacial score (nSPS) is 12.0. The first-order valence-corrected chi connectivity index (χ1v) is 8.11. The van der Waals surface area contributed by atoms with Crippen LogP contribution in [-0.2, 0) is 13.8 Å². The van der Waals surface area contributed by atoms with Gasteiger partial charge in [-0.25, -0.2) is 13.2 Å². The van der Waals surface area contributed by atoms with Crippen molar-refractivity contribution >= 4 is 31.4 Å². The van der Waals surface area contributed by atoms with Crippen LogP contribution in [0.2, 0.25) is 0 Å². The third kappa shape index (κ3) is 4.40. The van der Waals surface area contributed by atoms with E-state index in [2.05, 4.69) is 0 Å². The van der Waals surface area contributed by atoms with E-state index >= 15 is 0 Å². The van der Waals surface area contributed by atoms with Gasteiger partial charge in [0, 0.05) is 22.3 Å². The number of hydrogen-bond donors (Lipinski definition) is 0. The zero-order chi connectivity index (χ0) is 16.6. The van der Waals surface area contributed by atoms with Gasteiger partial charge in [-0.05, 0) is 33.8 Å². The molecule has 1 aromatic carbocycles. The van der Waals surface area contributed by atoms with E-state index in [1.165, 1.54) is 6.92 Å². The second-order valence-electron chi connectivity index (χ2n) is 5.31. The Kier molecular flexibility index (Phi) is 4.64. The summed E-state index contributed by atoms with van der Waals surface area (Å²) in [6.07, 6.45) is 0. The lowest BCUT2D eigenvalue weighted by Gasteiger charge is -2.20. The van der Waals surface area contributed by atoms with Crippen LogP contribution in [0.1, 0.15) is 36.7 Å². The van der Waals surface area contributed by atoms with E-state index in [0.717, 1.165) is 12.1 Å². The Morgan fingerprint density at radius 2 is 1.86 bits per heavy atom. The molecule has 7 nitrogen and oxygen atoms in total. The van der Waals surface area contributed by atoms with E-state index in [1.54, 1.807) is 20.8 Å². The van der Waals surface area contributed by atoms with Crippen molar-refractivity contribution in [3.63, 3.8) is 0 Å². The summed E-state index contributed by atoms with van der Waals surface area (Å²) >= 11 is 0. The van der Waals surface area contributed by atoms with Crippen LogP contribution in [0, 0.1) is 17.0 Å². The van der Waals surface area contributed by atoms with Crippen LogP contribution in [0.25, 0.3) is 0 Å². The van der Waals surface area contributed by atoms with Gasteiger partial charge in [-0.1, -0.05) is 0 Å². The molecule has 9 heteroatoms. The number of rotatable bonds is 3. The van der Waals surface area contributed by atoms with E-state index in [4.69, 9.17) is 15.4 Å². The maximum absolute atomic E-state index is 12.1. The van der Waals surface area contributed by atoms with Crippen LogP contribution in [0.15, 0.2) is 17.0 Å². The van der Waals surface area contributed by atoms with E-state index in [-0.39, 0.29) is 11.1 Å². The average molecular weight is 336 g/mol. The average Bonchev–Trinajstić information content (AvgIpc) is 2.24. The summed E-state index contributed by atoms with van der Waals surface area (Å²) in [4.78, 5) is 21.7. The van der Waals surface area contributed by atoms with Crippen LogP contribution >= 0.6 is 10.7 Å². The molecule has 0 fully saturated rings. The maximum Gasteiger partial charge on any atom is 0.339 e. The predicted molar refractivity (Wildman–Crippen MR) is 76.0 cm³/mol. The highest BCUT2D eigenvalue weighted by Gasteiger charge is 2.27. The van der Waals surface area contributed by atoms with E-state index < -0.39 is 36.1 Å². The fraction of sp³-hybridized carbons (Fsp3) is 0.417. The molecule has 0 bridgehead atoms. The molecule has 1 aromatic rings. The molecular formula is C12H14ClNO6S. The van der Waals surface area contributed by atoms with Gasteiger partial charge in [0.1, 0.15) is 5.60 Å². The van der Waals surface area contributed by atoms with Crippen molar-refractivity contribution in [2.75, 3.05) is 0 Å². The third-order valence-corrected chi connectivity index (χ3v) is 3.78. The Hall–Kier alpha value is -1.67. The van der Waals surface area contributed by atoms with Crippen molar-refractivity contribution in [1.29, 1.82) is 0 Å². The zero-order valence-corrected chi connectivity index (χ0v) is 13.4. The molecule has 0 aliphatic rings. The summed E-state index contributed by atoms with van der Waals surface area (Å²) < 4.78 is 27.8. The monoisotopic (exact) mass is 335 g/mol. The van der Waals surface area contributed by atoms with Crippen molar-refractivity contribution < 1.29 is 22.9 Å². The summed E-state index contributed by atoms with van der Waals surface area (Å²) in [7, 11) is 0.980. The summed E-state index contributed by atoms with van der Waals surface area (Å²) in [5.74, 6) is -0.856. The first kappa shape index (κ1) is 17.4. The van der Waals surface area contributed by atoms with Crippen LogP contribution in [0.5, 0.6) is 0 Å². The molecule has 1 rings (SSSR count). The number of ether oxygens (including phenoxy) is 1. The molecule has 0 radical (unpaired) electrons. The topological polar surface area (TPSA) is 104 Å². The largest absolute Gasteiger partial charge is 0.456 e. The van der Waals surface area contributed by atoms with Gasteiger partial charge in [-0.2, -0.15) is 0 Å². The lowest BCUT2D eigenvalue weighted by molar-refractivity contribution is -0.385. The molecule has 0 aliphatic heterocycles. The van der Waals surface area contributed by atoms with Gasteiger partial charge >= 0.3 is 5.97 Å². The highest BCUT2D eigenvalue weighted by molar-refractivity contribution is 8.13. The van der Waals surface area contributed by atoms with Gasteiger partial charge in [-0.15, -0.1) is 0 Å². The van der Waals surface area contributed by atoms with Crippen molar-refractivity contribution in [3.8, 4) is 0 Å². The maximum atomic E-state index is 12.1. The zero-order valence-electron chi connectivity index (χ0n) is 11.8. The van der Waals surface area contributed by atoms with Gasteiger partial charge < -0.3 is 4.74 Å². The number of halogens is 1. The number of nitro benzene ring substituents is 1. The van der Waals surface area contributed by atoms with E-state index in [1.807, 2.05) is 0 Å². The molecule has 0 heterocycles. The second kappa shape index (κ2) is 5.61. The highest BCUT2D eigenvalue weighted by atomic mass is 35.7. The van der Waals surface area contributed by atoms with Crippen molar-refractivity contribution in [1.82, 2.24) is 0 Å². The van der Waals surface area contributed by atoms with Crippen LogP contribution in [0.3, 0.4) is 0 Å². The fourth-order valence-corrected chi connectivity index (χ4v) is 2.33. The third-order valence-electron chi connectivity index (χ3n) is 2.45. The number of nitro groups is 1. The summed E-state index contributed by atoms with van der Waals surface area (Å²) in [5.41, 5.74) is -1.54. The lowest BCUT2D eigenvalue weighted by Crippen LogP contribution is -2.24. The molecule has 21 heavy (non-hydrogen) atoms. The van der Waals surface area contributed by atoms with Gasteiger partial charge in [-0.3, -0.25) is 10.1 Å². The van der Waals surface area contributed by atoms with E-state index in [0.29, 0.717) is 0 Å². The quantitative estimate of drug-likeness (QED) is 0.364. The molecular weight excluding hydrogens is 322 g/mol. The standard InChI is InChI=1S/C12H14ClNO6S/c1-7-9(11(15)20-12(2,3)4)5-8(21(13,18)19)6-10(7)14(16)17/h5-6H,1-4H3. The molecule has 0 aliphatic carbocycles. The first-order chi connectivity index (χ1) is 9.33. The van der Waals surface area contributed by atoms with Gasteiger partial charge in [0.05, 0.1) is 15.4 Å². The minimum absolute atomic E-state index is 0.0123. The second-order valence-corrected chi connectivity index (χ2v) is 7.88. The van der Waals surface area contributed by atoms with Gasteiger partial charge in [0.2, 0.25) is 0 Å². The highest BCUT2D eigenvalue weighted by Crippen LogP contribution is 2.29. The lowest BCUT2D eigenvalue weighted by atomic mass is 10.1. The molecule has 0 saturated heterocycles. The Bertz CT molecular complexity index is 705. The fourth-order valence-electron chi connectivity index (χ4n) is 1.55. The number of carbonyl (C=O) groups is 1. The molecule has 0 aromatic heterocycles. The van der Waals surface area contributed by atoms with Crippen molar-refractivity contribution in [2.45, 2.75) is 38.2 Å². The van der Waals surface area contributed by atoms with Crippen LogP contribution < -0.4 is 0 Å². The molecule has 0 N–H and O–H groups in total. The van der Waals surface area contributed by atoms with Crippen LogP contribution in [0.4, 0.5) is 5.69 Å². The Morgan fingerprint density at radius 1 is 1.33 bits per heavy atom. The molecule has 0 unspecified atom stereocenters. The van der Waals surface area contributed by atoms with E-state index in [9.17, 15) is 23.3 Å². The minimum Gasteiger partial charge on any atom is -0.456 e. The number of benzene rings is 1. The summed E-state index contributed by atoms with van der Waals surface area (Å²) in [6, 6.07) is 1.78. The number of nitrogens with zero attached hydrogens (tertiary/aromatic N) is 1. The minimum atomic E-state index is -4.22. The first-order valence-electron chi connectivity index (χ1n) is 5.80. The van der Waals surface area contributed by atoms with Crippen LogP contribution in [-0.4, -0.2) is 24.9 Å². The molecule has 116 valence electrons.